The molecule has 0 spiro atoms. The molecule has 0 aromatic heterocycles. The van der Waals surface area contributed by atoms with Gasteiger partial charge in [0.25, 0.3) is 5.91 Å². The predicted molar refractivity (Wildman–Crippen MR) is 71.3 cm³/mol. The minimum absolute atomic E-state index is 0.207. The Hall–Kier alpha value is -1.69. The zero-order valence-corrected chi connectivity index (χ0v) is 11.4. The summed E-state index contributed by atoms with van der Waals surface area (Å²) in [5.41, 5.74) is 1.41. The fourth-order valence-electron chi connectivity index (χ4n) is 2.22. The van der Waals surface area contributed by atoms with Crippen LogP contribution < -0.4 is 0 Å². The molecule has 1 aliphatic heterocycles. The van der Waals surface area contributed by atoms with Gasteiger partial charge in [-0.25, -0.2) is 4.79 Å². The molecule has 102 valence electrons. The second-order valence-corrected chi connectivity index (χ2v) is 6.06. The Morgan fingerprint density at radius 2 is 2.16 bits per heavy atom. The van der Waals surface area contributed by atoms with E-state index in [2.05, 4.69) is 0 Å². The van der Waals surface area contributed by atoms with Crippen LogP contribution in [0.25, 0.3) is 0 Å². The molecule has 0 bridgehead atoms. The van der Waals surface area contributed by atoms with Crippen molar-refractivity contribution in [2.24, 2.45) is 0 Å². The molecule has 6 heteroatoms. The van der Waals surface area contributed by atoms with Gasteiger partial charge in [0.2, 0.25) is 0 Å². The van der Waals surface area contributed by atoms with Crippen molar-refractivity contribution in [1.29, 1.82) is 0 Å². The van der Waals surface area contributed by atoms with Gasteiger partial charge in [-0.3, -0.25) is 9.00 Å². The lowest BCUT2D eigenvalue weighted by Gasteiger charge is -2.23. The molecule has 1 heterocycles. The van der Waals surface area contributed by atoms with Crippen LogP contribution in [0.1, 0.15) is 22.3 Å². The second kappa shape index (κ2) is 5.52. The molecule has 5 nitrogen and oxygen atoms in total. The summed E-state index contributed by atoms with van der Waals surface area (Å²) in [6, 6.07) is 6.20. The number of rotatable bonds is 5. The minimum Gasteiger partial charge on any atom is -0.480 e. The molecule has 2 atom stereocenters. The van der Waals surface area contributed by atoms with Crippen LogP contribution in [0.15, 0.2) is 24.3 Å². The lowest BCUT2D eigenvalue weighted by molar-refractivity contribution is -0.142. The molecule has 1 aliphatic rings. The Balaban J connectivity index is 2.19. The van der Waals surface area contributed by atoms with E-state index in [-0.39, 0.29) is 18.1 Å². The number of hydrogen-bond donors (Lipinski definition) is 1. The SMILES string of the molecule is CS(=O)CCC(C(=O)O)N1Cc2ccccc2C1=O. The van der Waals surface area contributed by atoms with Gasteiger partial charge in [-0.05, 0) is 18.1 Å². The van der Waals surface area contributed by atoms with Crippen LogP contribution in [0.5, 0.6) is 0 Å². The molecule has 0 saturated heterocycles. The Morgan fingerprint density at radius 3 is 2.74 bits per heavy atom. The topological polar surface area (TPSA) is 74.7 Å². The third kappa shape index (κ3) is 2.84. The van der Waals surface area contributed by atoms with E-state index in [0.29, 0.717) is 12.1 Å². The molecule has 19 heavy (non-hydrogen) atoms. The van der Waals surface area contributed by atoms with Crippen LogP contribution in [-0.2, 0) is 22.1 Å². The average molecular weight is 281 g/mol. The molecule has 1 N–H and O–H groups in total. The maximum absolute atomic E-state index is 12.2. The Bertz CT molecular complexity index is 543. The normalized spacial score (nSPS) is 17.1. The first-order valence-electron chi connectivity index (χ1n) is 5.92. The number of hydrogen-bond acceptors (Lipinski definition) is 3. The van der Waals surface area contributed by atoms with Crippen molar-refractivity contribution in [1.82, 2.24) is 4.90 Å². The van der Waals surface area contributed by atoms with Gasteiger partial charge in [0.1, 0.15) is 6.04 Å². The highest BCUT2D eigenvalue weighted by Gasteiger charge is 2.35. The van der Waals surface area contributed by atoms with Gasteiger partial charge >= 0.3 is 5.97 Å². The van der Waals surface area contributed by atoms with E-state index in [1.165, 1.54) is 11.2 Å². The molecule has 0 radical (unpaired) electrons. The van der Waals surface area contributed by atoms with Crippen molar-refractivity contribution in [3.8, 4) is 0 Å². The average Bonchev–Trinajstić information content (AvgIpc) is 2.67. The van der Waals surface area contributed by atoms with E-state index in [9.17, 15) is 18.9 Å². The summed E-state index contributed by atoms with van der Waals surface area (Å²) >= 11 is 0. The largest absolute Gasteiger partial charge is 0.480 e. The van der Waals surface area contributed by atoms with E-state index in [1.54, 1.807) is 12.1 Å². The Morgan fingerprint density at radius 1 is 1.47 bits per heavy atom. The summed E-state index contributed by atoms with van der Waals surface area (Å²) in [7, 11) is -1.07. The summed E-state index contributed by atoms with van der Waals surface area (Å²) in [6.07, 6.45) is 1.73. The van der Waals surface area contributed by atoms with Gasteiger partial charge in [0, 0.05) is 34.9 Å². The molecule has 0 aliphatic carbocycles. The standard InChI is InChI=1S/C13H15NO4S/c1-19(18)7-6-11(13(16)17)14-8-9-4-2-3-5-10(9)12(14)15/h2-5,11H,6-8H2,1H3,(H,16,17). The maximum Gasteiger partial charge on any atom is 0.326 e. The number of fused-ring (bicyclic) bond motifs is 1. The smallest absolute Gasteiger partial charge is 0.326 e. The highest BCUT2D eigenvalue weighted by molar-refractivity contribution is 7.84. The number of carboxylic acids is 1. The third-order valence-corrected chi connectivity index (χ3v) is 4.00. The maximum atomic E-state index is 12.2. The van der Waals surface area contributed by atoms with Gasteiger partial charge < -0.3 is 10.0 Å². The van der Waals surface area contributed by atoms with Gasteiger partial charge in [-0.1, -0.05) is 18.2 Å². The lowest BCUT2D eigenvalue weighted by Crippen LogP contribution is -2.42. The van der Waals surface area contributed by atoms with E-state index in [0.717, 1.165) is 5.56 Å². The molecule has 2 rings (SSSR count). The number of carbonyl (C=O) groups excluding carboxylic acids is 1. The number of carbonyl (C=O) groups is 2. The molecule has 1 amide bonds. The highest BCUT2D eigenvalue weighted by atomic mass is 32.2. The first-order chi connectivity index (χ1) is 9.00. The van der Waals surface area contributed by atoms with Crippen molar-refractivity contribution in [3.05, 3.63) is 35.4 Å². The van der Waals surface area contributed by atoms with E-state index in [4.69, 9.17) is 0 Å². The molecule has 0 fully saturated rings. The lowest BCUT2D eigenvalue weighted by atomic mass is 10.1. The number of carboxylic acid groups (broad SMARTS) is 1. The van der Waals surface area contributed by atoms with E-state index >= 15 is 0 Å². The number of amides is 1. The van der Waals surface area contributed by atoms with Crippen molar-refractivity contribution in [2.75, 3.05) is 12.0 Å². The Kier molecular flexibility index (Phi) is 3.99. The van der Waals surface area contributed by atoms with E-state index < -0.39 is 22.8 Å². The van der Waals surface area contributed by atoms with Crippen LogP contribution in [0, 0.1) is 0 Å². The molecule has 0 saturated carbocycles. The predicted octanol–water partition coefficient (Wildman–Crippen LogP) is 0.864. The van der Waals surface area contributed by atoms with Crippen molar-refractivity contribution in [2.45, 2.75) is 19.0 Å². The van der Waals surface area contributed by atoms with E-state index in [1.807, 2.05) is 12.1 Å². The van der Waals surface area contributed by atoms with Gasteiger partial charge in [0.15, 0.2) is 0 Å². The summed E-state index contributed by atoms with van der Waals surface area (Å²) in [6.45, 7) is 0.308. The van der Waals surface area contributed by atoms with Gasteiger partial charge in [-0.15, -0.1) is 0 Å². The Labute approximate surface area is 113 Å². The molecule has 2 unspecified atom stereocenters. The highest BCUT2D eigenvalue weighted by Crippen LogP contribution is 2.25. The number of nitrogens with zero attached hydrogens (tertiary/aromatic N) is 1. The molecular formula is C13H15NO4S. The fraction of sp³-hybridized carbons (Fsp3) is 0.385. The van der Waals surface area contributed by atoms with Crippen LogP contribution in [0.4, 0.5) is 0 Å². The molecule has 1 aromatic carbocycles. The quantitative estimate of drug-likeness (QED) is 0.869. The first-order valence-corrected chi connectivity index (χ1v) is 7.65. The monoisotopic (exact) mass is 281 g/mol. The number of benzene rings is 1. The van der Waals surface area contributed by atoms with Crippen LogP contribution in [0.2, 0.25) is 0 Å². The summed E-state index contributed by atoms with van der Waals surface area (Å²) in [5.74, 6) is -1.03. The zero-order chi connectivity index (χ0) is 14.0. The molecule has 1 aromatic rings. The summed E-state index contributed by atoms with van der Waals surface area (Å²) in [5, 5.41) is 9.25. The summed E-state index contributed by atoms with van der Waals surface area (Å²) < 4.78 is 11.1. The fourth-order valence-corrected chi connectivity index (χ4v) is 2.77. The van der Waals surface area contributed by atoms with Gasteiger partial charge in [-0.2, -0.15) is 0 Å². The number of aliphatic carboxylic acids is 1. The zero-order valence-electron chi connectivity index (χ0n) is 10.5. The summed E-state index contributed by atoms with van der Waals surface area (Å²) in [4.78, 5) is 24.8. The molecular weight excluding hydrogens is 266 g/mol. The van der Waals surface area contributed by atoms with Crippen molar-refractivity contribution in [3.63, 3.8) is 0 Å². The van der Waals surface area contributed by atoms with Crippen molar-refractivity contribution >= 4 is 22.7 Å². The van der Waals surface area contributed by atoms with Crippen LogP contribution >= 0.6 is 0 Å². The first kappa shape index (κ1) is 13.7. The van der Waals surface area contributed by atoms with Crippen LogP contribution in [0.3, 0.4) is 0 Å². The van der Waals surface area contributed by atoms with Crippen LogP contribution in [-0.4, -0.2) is 44.1 Å². The van der Waals surface area contributed by atoms with Crippen molar-refractivity contribution < 1.29 is 18.9 Å². The third-order valence-electron chi connectivity index (χ3n) is 3.19. The van der Waals surface area contributed by atoms with Gasteiger partial charge in [0.05, 0.1) is 0 Å². The second-order valence-electron chi connectivity index (χ2n) is 4.51. The minimum atomic E-state index is -1.07.